The zero-order valence-electron chi connectivity index (χ0n) is 7.20. The molecule has 0 atom stereocenters. The van der Waals surface area contributed by atoms with Crippen molar-refractivity contribution in [2.45, 2.75) is 0 Å². The van der Waals surface area contributed by atoms with Crippen molar-refractivity contribution in [3.8, 4) is 22.9 Å². The van der Waals surface area contributed by atoms with Gasteiger partial charge in [0, 0.05) is 5.56 Å². The van der Waals surface area contributed by atoms with Crippen molar-refractivity contribution in [1.29, 1.82) is 0 Å². The smallest absolute Gasteiger partial charge is 0.125 e. The Bertz CT molecular complexity index is 496. The van der Waals surface area contributed by atoms with Crippen LogP contribution in [-0.2, 0) is 0 Å². The largest absolute Gasteiger partial charge is 0.243 e. The third kappa shape index (κ3) is 1.65. The second kappa shape index (κ2) is 3.83. The van der Waals surface area contributed by atoms with Crippen molar-refractivity contribution >= 4 is 22.9 Å². The highest BCUT2D eigenvalue weighted by molar-refractivity contribution is 7.15. The lowest BCUT2D eigenvalue weighted by molar-refractivity contribution is 1.41. The first kappa shape index (κ1) is 9.26. The number of aromatic nitrogens is 1. The van der Waals surface area contributed by atoms with Crippen molar-refractivity contribution in [3.63, 3.8) is 0 Å². The van der Waals surface area contributed by atoms with Gasteiger partial charge in [-0.05, 0) is 6.07 Å². The van der Waals surface area contributed by atoms with E-state index >= 15 is 0 Å². The molecule has 2 rings (SSSR count). The van der Waals surface area contributed by atoms with Crippen LogP contribution >= 0.6 is 22.9 Å². The van der Waals surface area contributed by atoms with Gasteiger partial charge < -0.3 is 0 Å². The van der Waals surface area contributed by atoms with Gasteiger partial charge in [0.15, 0.2) is 0 Å². The predicted molar refractivity (Wildman–Crippen MR) is 60.5 cm³/mol. The molecule has 0 bridgehead atoms. The second-order valence-corrected chi connectivity index (χ2v) is 4.09. The quantitative estimate of drug-likeness (QED) is 0.670. The molecule has 2 aromatic rings. The maximum Gasteiger partial charge on any atom is 0.125 e. The van der Waals surface area contributed by atoms with Gasteiger partial charge in [0.25, 0.3) is 0 Å². The molecule has 0 saturated carbocycles. The van der Waals surface area contributed by atoms with Crippen LogP contribution in [0.2, 0.25) is 5.02 Å². The Morgan fingerprint density at radius 2 is 2.14 bits per heavy atom. The number of hydrogen-bond donors (Lipinski definition) is 0. The molecule has 0 aliphatic heterocycles. The predicted octanol–water partition coefficient (Wildman–Crippen LogP) is 3.44. The molecular weight excluding hydrogens is 214 g/mol. The van der Waals surface area contributed by atoms with Gasteiger partial charge >= 0.3 is 0 Å². The zero-order chi connectivity index (χ0) is 9.97. The molecular formula is C11H6ClNS. The Balaban J connectivity index is 2.51. The Hall–Kier alpha value is -1.30. The number of benzene rings is 1. The lowest BCUT2D eigenvalue weighted by Crippen LogP contribution is -1.75. The van der Waals surface area contributed by atoms with Gasteiger partial charge in [-0.2, -0.15) is 0 Å². The van der Waals surface area contributed by atoms with Crippen molar-refractivity contribution < 1.29 is 0 Å². The van der Waals surface area contributed by atoms with Crippen molar-refractivity contribution in [2.24, 2.45) is 0 Å². The summed E-state index contributed by atoms with van der Waals surface area (Å²) in [4.78, 5) is 5.03. The summed E-state index contributed by atoms with van der Waals surface area (Å²) in [5, 5.41) is 1.56. The second-order valence-electron chi connectivity index (χ2n) is 2.65. The molecule has 1 aromatic heterocycles. The number of nitrogens with zero attached hydrogens (tertiary/aromatic N) is 1. The zero-order valence-corrected chi connectivity index (χ0v) is 8.77. The average Bonchev–Trinajstić information content (AvgIpc) is 2.67. The minimum Gasteiger partial charge on any atom is -0.243 e. The van der Waals surface area contributed by atoms with E-state index in [2.05, 4.69) is 10.9 Å². The molecule has 0 aliphatic rings. The van der Waals surface area contributed by atoms with Gasteiger partial charge in [0.1, 0.15) is 5.01 Å². The number of halogens is 1. The summed E-state index contributed by atoms with van der Waals surface area (Å²) in [6.07, 6.45) is 6.95. The Labute approximate surface area is 91.4 Å². The monoisotopic (exact) mass is 219 g/mol. The first-order chi connectivity index (χ1) is 6.81. The topological polar surface area (TPSA) is 12.9 Å². The van der Waals surface area contributed by atoms with Crippen LogP contribution in [-0.4, -0.2) is 4.98 Å². The molecule has 0 unspecified atom stereocenters. The van der Waals surface area contributed by atoms with Gasteiger partial charge in [-0.15, -0.1) is 17.8 Å². The molecule has 0 aliphatic carbocycles. The van der Waals surface area contributed by atoms with Crippen LogP contribution < -0.4 is 0 Å². The number of hydrogen-bond acceptors (Lipinski definition) is 2. The first-order valence-electron chi connectivity index (χ1n) is 3.98. The highest BCUT2D eigenvalue weighted by atomic mass is 35.5. The third-order valence-corrected chi connectivity index (χ3v) is 3.04. The highest BCUT2D eigenvalue weighted by Crippen LogP contribution is 2.30. The fourth-order valence-corrected chi connectivity index (χ4v) is 2.15. The molecule has 0 saturated heterocycles. The van der Waals surface area contributed by atoms with E-state index in [1.807, 2.05) is 24.3 Å². The summed E-state index contributed by atoms with van der Waals surface area (Å²) >= 11 is 7.49. The summed E-state index contributed by atoms with van der Waals surface area (Å²) in [5.41, 5.74) is 0.931. The van der Waals surface area contributed by atoms with E-state index in [-0.39, 0.29) is 0 Å². The van der Waals surface area contributed by atoms with Crippen LogP contribution in [0.5, 0.6) is 0 Å². The van der Waals surface area contributed by atoms with Gasteiger partial charge in [-0.1, -0.05) is 35.7 Å². The van der Waals surface area contributed by atoms with Gasteiger partial charge in [0.2, 0.25) is 0 Å². The van der Waals surface area contributed by atoms with E-state index < -0.39 is 0 Å². The minimum atomic E-state index is 0.699. The van der Waals surface area contributed by atoms with Crippen LogP contribution in [0, 0.1) is 12.3 Å². The standard InChI is InChI=1S/C11H6ClNS/c1-2-8-7-13-11(14-8)9-5-3-4-6-10(9)12/h1,3-7H. The maximum absolute atomic E-state index is 6.03. The van der Waals surface area contributed by atoms with Gasteiger partial charge in [0.05, 0.1) is 16.1 Å². The normalized spacial score (nSPS) is 9.71. The van der Waals surface area contributed by atoms with Crippen LogP contribution in [0.1, 0.15) is 4.88 Å². The van der Waals surface area contributed by atoms with Crippen LogP contribution in [0.25, 0.3) is 10.6 Å². The minimum absolute atomic E-state index is 0.699. The van der Waals surface area contributed by atoms with Crippen LogP contribution in [0.4, 0.5) is 0 Å². The van der Waals surface area contributed by atoms with Crippen LogP contribution in [0.3, 0.4) is 0 Å². The summed E-state index contributed by atoms with van der Waals surface area (Å²) < 4.78 is 0. The van der Waals surface area contributed by atoms with E-state index in [9.17, 15) is 0 Å². The fourth-order valence-electron chi connectivity index (χ4n) is 1.10. The van der Waals surface area contributed by atoms with E-state index in [0.29, 0.717) is 5.02 Å². The number of thiazole rings is 1. The highest BCUT2D eigenvalue weighted by Gasteiger charge is 2.06. The molecule has 1 heterocycles. The molecule has 0 spiro atoms. The third-order valence-electron chi connectivity index (χ3n) is 1.75. The Kier molecular flexibility index (Phi) is 2.53. The Morgan fingerprint density at radius 3 is 2.79 bits per heavy atom. The Morgan fingerprint density at radius 1 is 1.36 bits per heavy atom. The van der Waals surface area contributed by atoms with Crippen molar-refractivity contribution in [2.75, 3.05) is 0 Å². The summed E-state index contributed by atoms with van der Waals surface area (Å²) in [5.74, 6) is 2.55. The van der Waals surface area contributed by atoms with E-state index in [1.165, 1.54) is 11.3 Å². The van der Waals surface area contributed by atoms with Crippen LogP contribution in [0.15, 0.2) is 30.5 Å². The lowest BCUT2D eigenvalue weighted by atomic mass is 10.2. The van der Waals surface area contributed by atoms with Gasteiger partial charge in [-0.25, -0.2) is 4.98 Å². The van der Waals surface area contributed by atoms with E-state index in [4.69, 9.17) is 18.0 Å². The van der Waals surface area contributed by atoms with E-state index in [1.54, 1.807) is 6.20 Å². The molecule has 14 heavy (non-hydrogen) atoms. The number of rotatable bonds is 1. The summed E-state index contributed by atoms with van der Waals surface area (Å²) in [6.45, 7) is 0. The summed E-state index contributed by atoms with van der Waals surface area (Å²) in [6, 6.07) is 7.59. The molecule has 3 heteroatoms. The molecule has 0 radical (unpaired) electrons. The van der Waals surface area contributed by atoms with Gasteiger partial charge in [-0.3, -0.25) is 0 Å². The molecule has 68 valence electrons. The SMILES string of the molecule is C#Cc1cnc(-c2ccccc2Cl)s1. The molecule has 0 fully saturated rings. The molecule has 0 amide bonds. The lowest BCUT2D eigenvalue weighted by Gasteiger charge is -1.97. The number of terminal acetylenes is 1. The fraction of sp³-hybridized carbons (Fsp3) is 0. The van der Waals surface area contributed by atoms with Crippen molar-refractivity contribution in [3.05, 3.63) is 40.4 Å². The van der Waals surface area contributed by atoms with E-state index in [0.717, 1.165) is 15.4 Å². The molecule has 1 aromatic carbocycles. The first-order valence-corrected chi connectivity index (χ1v) is 5.18. The molecule has 1 nitrogen and oxygen atoms in total. The maximum atomic E-state index is 6.03. The van der Waals surface area contributed by atoms with Crippen molar-refractivity contribution in [1.82, 2.24) is 4.98 Å². The summed E-state index contributed by atoms with van der Waals surface area (Å²) in [7, 11) is 0. The average molecular weight is 220 g/mol. The molecule has 0 N–H and O–H groups in total.